The summed E-state index contributed by atoms with van der Waals surface area (Å²) >= 11 is 0. The lowest BCUT2D eigenvalue weighted by Crippen LogP contribution is -2.51. The quantitative estimate of drug-likeness (QED) is 0.649. The van der Waals surface area contributed by atoms with E-state index in [1.54, 1.807) is 4.90 Å². The van der Waals surface area contributed by atoms with Crippen LogP contribution in [0.2, 0.25) is 0 Å². The van der Waals surface area contributed by atoms with Crippen molar-refractivity contribution in [2.24, 2.45) is 11.8 Å². The smallest absolute Gasteiger partial charge is 0.337 e. The Bertz CT molecular complexity index is 304. The van der Waals surface area contributed by atoms with E-state index in [9.17, 15) is 14.7 Å². The van der Waals surface area contributed by atoms with Crippen molar-refractivity contribution in [2.75, 3.05) is 19.6 Å². The van der Waals surface area contributed by atoms with Crippen LogP contribution >= 0.6 is 0 Å². The number of urea groups is 1. The Morgan fingerprint density at radius 1 is 1.16 bits per heavy atom. The molecule has 0 aliphatic rings. The molecule has 0 fully saturated rings. The fourth-order valence-electron chi connectivity index (χ4n) is 1.56. The van der Waals surface area contributed by atoms with Crippen LogP contribution in [0.25, 0.3) is 0 Å². The molecule has 19 heavy (non-hydrogen) atoms. The van der Waals surface area contributed by atoms with E-state index in [-0.39, 0.29) is 12.6 Å². The molecule has 0 rings (SSSR count). The van der Waals surface area contributed by atoms with Gasteiger partial charge in [0.25, 0.3) is 0 Å². The third-order valence-corrected chi connectivity index (χ3v) is 2.50. The van der Waals surface area contributed by atoms with Crippen LogP contribution < -0.4 is 5.32 Å². The van der Waals surface area contributed by atoms with E-state index in [0.717, 1.165) is 6.92 Å². The number of aliphatic hydroxyl groups is 1. The van der Waals surface area contributed by atoms with E-state index in [0.29, 0.717) is 24.9 Å². The number of carboxylic acid groups (broad SMARTS) is 1. The van der Waals surface area contributed by atoms with Gasteiger partial charge in [-0.1, -0.05) is 27.7 Å². The van der Waals surface area contributed by atoms with Crippen molar-refractivity contribution < 1.29 is 19.8 Å². The van der Waals surface area contributed by atoms with E-state index in [4.69, 9.17) is 5.11 Å². The van der Waals surface area contributed by atoms with Crippen LogP contribution in [0.3, 0.4) is 0 Å². The number of rotatable bonds is 7. The fraction of sp³-hybridized carbons (Fsp3) is 0.846. The number of carboxylic acids is 1. The average Bonchev–Trinajstić information content (AvgIpc) is 2.23. The van der Waals surface area contributed by atoms with Crippen molar-refractivity contribution in [1.82, 2.24) is 10.2 Å². The first kappa shape index (κ1) is 17.7. The van der Waals surface area contributed by atoms with Crippen molar-refractivity contribution in [3.8, 4) is 0 Å². The van der Waals surface area contributed by atoms with E-state index in [1.807, 2.05) is 27.7 Å². The van der Waals surface area contributed by atoms with Gasteiger partial charge in [0.2, 0.25) is 0 Å². The standard InChI is InChI=1S/C13H26N2O4/c1-9(2)6-15(7-10(3)4)12(18)14-8-13(5,19)11(16)17/h9-10,19H,6-8H2,1-5H3,(H,14,18)(H,16,17). The van der Waals surface area contributed by atoms with Gasteiger partial charge in [-0.25, -0.2) is 9.59 Å². The van der Waals surface area contributed by atoms with Crippen LogP contribution in [0.4, 0.5) is 4.79 Å². The van der Waals surface area contributed by atoms with Crippen LogP contribution in [-0.4, -0.2) is 52.3 Å². The Hall–Kier alpha value is -1.30. The molecule has 6 heteroatoms. The molecule has 0 bridgehead atoms. The molecule has 6 nitrogen and oxygen atoms in total. The Morgan fingerprint density at radius 2 is 1.58 bits per heavy atom. The maximum absolute atomic E-state index is 12.0. The van der Waals surface area contributed by atoms with Gasteiger partial charge in [0.05, 0.1) is 6.54 Å². The van der Waals surface area contributed by atoms with E-state index >= 15 is 0 Å². The summed E-state index contributed by atoms with van der Waals surface area (Å²) in [5, 5.41) is 20.8. The molecule has 1 unspecified atom stereocenters. The molecule has 0 aromatic heterocycles. The Kier molecular flexibility index (Phi) is 6.83. The molecule has 2 amide bonds. The maximum Gasteiger partial charge on any atom is 0.337 e. The van der Waals surface area contributed by atoms with Crippen molar-refractivity contribution in [3.63, 3.8) is 0 Å². The number of hydrogen-bond donors (Lipinski definition) is 3. The third kappa shape index (κ3) is 7.00. The van der Waals surface area contributed by atoms with Gasteiger partial charge in [-0.2, -0.15) is 0 Å². The lowest BCUT2D eigenvalue weighted by molar-refractivity contribution is -0.155. The van der Waals surface area contributed by atoms with Crippen molar-refractivity contribution >= 4 is 12.0 Å². The van der Waals surface area contributed by atoms with Gasteiger partial charge in [0, 0.05) is 13.1 Å². The molecule has 0 spiro atoms. The number of nitrogens with one attached hydrogen (secondary N) is 1. The molecule has 0 saturated heterocycles. The molecular formula is C13H26N2O4. The third-order valence-electron chi connectivity index (χ3n) is 2.50. The summed E-state index contributed by atoms with van der Waals surface area (Å²) in [7, 11) is 0. The second kappa shape index (κ2) is 7.33. The van der Waals surface area contributed by atoms with Crippen molar-refractivity contribution in [3.05, 3.63) is 0 Å². The van der Waals surface area contributed by atoms with Crippen molar-refractivity contribution in [1.29, 1.82) is 0 Å². The first-order valence-electron chi connectivity index (χ1n) is 6.54. The van der Waals surface area contributed by atoms with Gasteiger partial charge in [-0.3, -0.25) is 0 Å². The molecule has 3 N–H and O–H groups in total. The zero-order valence-corrected chi connectivity index (χ0v) is 12.4. The van der Waals surface area contributed by atoms with Gasteiger partial charge in [0.15, 0.2) is 5.60 Å². The molecule has 0 aliphatic heterocycles. The molecule has 1 atom stereocenters. The first-order chi connectivity index (χ1) is 8.56. The predicted octanol–water partition coefficient (Wildman–Crippen LogP) is 1.15. The lowest BCUT2D eigenvalue weighted by atomic mass is 10.1. The normalized spacial score (nSPS) is 14.3. The molecule has 0 heterocycles. The van der Waals surface area contributed by atoms with Crippen LogP contribution in [0.15, 0.2) is 0 Å². The van der Waals surface area contributed by atoms with E-state index in [1.165, 1.54) is 0 Å². The fourth-order valence-corrected chi connectivity index (χ4v) is 1.56. The van der Waals surface area contributed by atoms with Crippen LogP contribution in [0.1, 0.15) is 34.6 Å². The van der Waals surface area contributed by atoms with E-state index < -0.39 is 11.6 Å². The summed E-state index contributed by atoms with van der Waals surface area (Å²) in [6, 6.07) is -0.344. The lowest BCUT2D eigenvalue weighted by Gasteiger charge is -2.28. The number of hydrogen-bond acceptors (Lipinski definition) is 3. The highest BCUT2D eigenvalue weighted by atomic mass is 16.4. The summed E-state index contributed by atoms with van der Waals surface area (Å²) in [5.41, 5.74) is -1.95. The summed E-state index contributed by atoms with van der Waals surface area (Å²) < 4.78 is 0. The topological polar surface area (TPSA) is 89.9 Å². The number of amides is 2. The Morgan fingerprint density at radius 3 is 1.89 bits per heavy atom. The monoisotopic (exact) mass is 274 g/mol. The predicted molar refractivity (Wildman–Crippen MR) is 72.9 cm³/mol. The van der Waals surface area contributed by atoms with Crippen LogP contribution in [-0.2, 0) is 4.79 Å². The molecule has 0 radical (unpaired) electrons. The summed E-state index contributed by atoms with van der Waals surface area (Å²) in [6.07, 6.45) is 0. The van der Waals surface area contributed by atoms with Gasteiger partial charge in [-0.15, -0.1) is 0 Å². The SMILES string of the molecule is CC(C)CN(CC(C)C)C(=O)NCC(C)(O)C(=O)O. The molecular weight excluding hydrogens is 248 g/mol. The van der Waals surface area contributed by atoms with Crippen LogP contribution in [0, 0.1) is 11.8 Å². The summed E-state index contributed by atoms with van der Waals surface area (Å²) in [6.45, 7) is 10.1. The Labute approximate surface area is 114 Å². The number of carbonyl (C=O) groups excluding carboxylic acids is 1. The number of carbonyl (C=O) groups is 2. The second-order valence-electron chi connectivity index (χ2n) is 5.93. The molecule has 0 saturated carbocycles. The maximum atomic E-state index is 12.0. The summed E-state index contributed by atoms with van der Waals surface area (Å²) in [4.78, 5) is 24.4. The van der Waals surface area contributed by atoms with Gasteiger partial charge in [0.1, 0.15) is 0 Å². The first-order valence-corrected chi connectivity index (χ1v) is 6.54. The van der Waals surface area contributed by atoms with Crippen LogP contribution in [0.5, 0.6) is 0 Å². The van der Waals surface area contributed by atoms with Gasteiger partial charge < -0.3 is 20.4 Å². The van der Waals surface area contributed by atoms with Gasteiger partial charge in [-0.05, 0) is 18.8 Å². The van der Waals surface area contributed by atoms with E-state index in [2.05, 4.69) is 5.32 Å². The minimum atomic E-state index is -1.95. The van der Waals surface area contributed by atoms with Gasteiger partial charge >= 0.3 is 12.0 Å². The molecule has 0 aromatic carbocycles. The number of nitrogens with zero attached hydrogens (tertiary/aromatic N) is 1. The second-order valence-corrected chi connectivity index (χ2v) is 5.93. The minimum absolute atomic E-state index is 0.312. The number of aliphatic carboxylic acids is 1. The Balaban J connectivity index is 4.51. The highest BCUT2D eigenvalue weighted by molar-refractivity contribution is 5.79. The molecule has 0 aliphatic carbocycles. The summed E-state index contributed by atoms with van der Waals surface area (Å²) in [5.74, 6) is -0.707. The highest BCUT2D eigenvalue weighted by Gasteiger charge is 2.31. The highest BCUT2D eigenvalue weighted by Crippen LogP contribution is 2.06. The zero-order valence-electron chi connectivity index (χ0n) is 12.4. The zero-order chi connectivity index (χ0) is 15.2. The average molecular weight is 274 g/mol. The largest absolute Gasteiger partial charge is 0.479 e. The molecule has 0 aromatic rings. The minimum Gasteiger partial charge on any atom is -0.479 e. The molecule has 112 valence electrons. The van der Waals surface area contributed by atoms with Crippen molar-refractivity contribution in [2.45, 2.75) is 40.2 Å².